The van der Waals surface area contributed by atoms with E-state index < -0.39 is 0 Å². The molecule has 8 heteroatoms. The van der Waals surface area contributed by atoms with Crippen molar-refractivity contribution in [3.63, 3.8) is 0 Å². The lowest BCUT2D eigenvalue weighted by molar-refractivity contribution is -0.122. The van der Waals surface area contributed by atoms with E-state index in [4.69, 9.17) is 10.3 Å². The van der Waals surface area contributed by atoms with Gasteiger partial charge in [0, 0.05) is 12.6 Å². The van der Waals surface area contributed by atoms with Gasteiger partial charge >= 0.3 is 0 Å². The summed E-state index contributed by atoms with van der Waals surface area (Å²) >= 11 is 0. The normalized spacial score (nSPS) is 10.6. The Kier molecular flexibility index (Phi) is 3.68. The molecule has 0 radical (unpaired) electrons. The maximum Gasteiger partial charge on any atom is 0.242 e. The highest BCUT2D eigenvalue weighted by atomic mass is 16.5. The molecule has 18 heavy (non-hydrogen) atoms. The van der Waals surface area contributed by atoms with Gasteiger partial charge in [0.15, 0.2) is 0 Å². The third-order valence-electron chi connectivity index (χ3n) is 2.24. The molecule has 0 fully saturated rings. The van der Waals surface area contributed by atoms with Crippen LogP contribution in [0.3, 0.4) is 0 Å². The molecule has 0 saturated carbocycles. The zero-order valence-corrected chi connectivity index (χ0v) is 9.96. The van der Waals surface area contributed by atoms with Crippen molar-refractivity contribution in [2.24, 2.45) is 5.73 Å². The van der Waals surface area contributed by atoms with Gasteiger partial charge in [-0.3, -0.25) is 4.79 Å². The Bertz CT molecular complexity index is 532. The van der Waals surface area contributed by atoms with Gasteiger partial charge in [-0.1, -0.05) is 10.4 Å². The number of hydrogen-bond donors (Lipinski definition) is 2. The Morgan fingerprint density at radius 2 is 2.39 bits per heavy atom. The Labute approximate surface area is 103 Å². The molecule has 1 amide bonds. The number of rotatable bonds is 5. The highest BCUT2D eigenvalue weighted by molar-refractivity contribution is 5.75. The number of nitrogens with two attached hydrogens (primary N) is 1. The summed E-state index contributed by atoms with van der Waals surface area (Å²) in [7, 11) is 0. The summed E-state index contributed by atoms with van der Waals surface area (Å²) in [5.41, 5.74) is 6.73. The third-order valence-corrected chi connectivity index (χ3v) is 2.24. The predicted molar refractivity (Wildman–Crippen MR) is 61.0 cm³/mol. The van der Waals surface area contributed by atoms with Crippen molar-refractivity contribution in [1.82, 2.24) is 25.5 Å². The number of carbonyl (C=O) groups excluding carboxylic acids is 1. The monoisotopic (exact) mass is 250 g/mol. The molecule has 0 aromatic carbocycles. The van der Waals surface area contributed by atoms with Crippen LogP contribution in [0.25, 0.3) is 0 Å². The maximum atomic E-state index is 11.6. The minimum Gasteiger partial charge on any atom is -0.361 e. The largest absolute Gasteiger partial charge is 0.361 e. The fourth-order valence-electron chi connectivity index (χ4n) is 1.40. The molecule has 8 nitrogen and oxygen atoms in total. The van der Waals surface area contributed by atoms with Crippen molar-refractivity contribution in [2.45, 2.75) is 26.6 Å². The van der Waals surface area contributed by atoms with Crippen LogP contribution in [0.5, 0.6) is 0 Å². The second kappa shape index (κ2) is 5.41. The minimum atomic E-state index is -0.177. The third kappa shape index (κ3) is 3.14. The summed E-state index contributed by atoms with van der Waals surface area (Å²) in [5, 5.41) is 14.0. The number of amides is 1. The lowest BCUT2D eigenvalue weighted by Gasteiger charge is -2.01. The van der Waals surface area contributed by atoms with E-state index in [9.17, 15) is 4.79 Å². The summed E-state index contributed by atoms with van der Waals surface area (Å²) in [6, 6.07) is 1.77. The summed E-state index contributed by atoms with van der Waals surface area (Å²) in [6.45, 7) is 2.53. The number of hydrogen-bond acceptors (Lipinski definition) is 6. The van der Waals surface area contributed by atoms with Crippen LogP contribution in [-0.2, 0) is 24.4 Å². The molecule has 0 unspecified atom stereocenters. The van der Waals surface area contributed by atoms with Gasteiger partial charge in [-0.25, -0.2) is 4.68 Å². The van der Waals surface area contributed by atoms with Crippen molar-refractivity contribution in [3.8, 4) is 0 Å². The Morgan fingerprint density at radius 3 is 3.00 bits per heavy atom. The van der Waals surface area contributed by atoms with Crippen LogP contribution >= 0.6 is 0 Å². The van der Waals surface area contributed by atoms with Crippen molar-refractivity contribution >= 4 is 5.91 Å². The quantitative estimate of drug-likeness (QED) is 0.729. The first-order valence-electron chi connectivity index (χ1n) is 5.45. The standard InChI is InChI=1S/C10H14N6O2/c1-7-2-8(14-18-7)4-12-10(17)6-16-5-9(3-11)13-15-16/h2,5H,3-4,6,11H2,1H3,(H,12,17). The average Bonchev–Trinajstić information content (AvgIpc) is 2.95. The van der Waals surface area contributed by atoms with Gasteiger partial charge in [-0.05, 0) is 6.92 Å². The SMILES string of the molecule is Cc1cc(CNC(=O)Cn2cc(CN)nn2)no1. The first-order chi connectivity index (χ1) is 8.67. The second-order valence-corrected chi connectivity index (χ2v) is 3.82. The molecule has 3 N–H and O–H groups in total. The van der Waals surface area contributed by atoms with Crippen LogP contribution in [0.15, 0.2) is 16.8 Å². The molecule has 0 aliphatic rings. The minimum absolute atomic E-state index is 0.101. The van der Waals surface area contributed by atoms with Crippen LogP contribution in [0, 0.1) is 6.92 Å². The Balaban J connectivity index is 1.81. The molecule has 0 aliphatic heterocycles. The first kappa shape index (κ1) is 12.2. The van der Waals surface area contributed by atoms with E-state index in [0.717, 1.165) is 0 Å². The van der Waals surface area contributed by atoms with E-state index >= 15 is 0 Å². The molecule has 2 heterocycles. The summed E-state index contributed by atoms with van der Waals surface area (Å²) in [5.74, 6) is 0.534. The lowest BCUT2D eigenvalue weighted by Crippen LogP contribution is -2.27. The number of carbonyl (C=O) groups is 1. The van der Waals surface area contributed by atoms with Crippen LogP contribution in [-0.4, -0.2) is 26.1 Å². The van der Waals surface area contributed by atoms with Gasteiger partial charge in [0.1, 0.15) is 18.0 Å². The zero-order valence-electron chi connectivity index (χ0n) is 9.96. The van der Waals surface area contributed by atoms with Gasteiger partial charge in [-0.2, -0.15) is 0 Å². The van der Waals surface area contributed by atoms with E-state index in [1.165, 1.54) is 4.68 Å². The van der Waals surface area contributed by atoms with Gasteiger partial charge < -0.3 is 15.6 Å². The topological polar surface area (TPSA) is 112 Å². The van der Waals surface area contributed by atoms with Crippen molar-refractivity contribution < 1.29 is 9.32 Å². The molecule has 0 spiro atoms. The van der Waals surface area contributed by atoms with Gasteiger partial charge in [0.25, 0.3) is 0 Å². The summed E-state index contributed by atoms with van der Waals surface area (Å²) < 4.78 is 6.33. The van der Waals surface area contributed by atoms with Gasteiger partial charge in [0.2, 0.25) is 5.91 Å². The molecule has 0 atom stereocenters. The highest BCUT2D eigenvalue weighted by Gasteiger charge is 2.06. The Hall–Kier alpha value is -2.22. The summed E-state index contributed by atoms with van der Waals surface area (Å²) in [4.78, 5) is 11.6. The van der Waals surface area contributed by atoms with E-state index in [1.54, 1.807) is 19.2 Å². The molecule has 0 aliphatic carbocycles. The average molecular weight is 250 g/mol. The van der Waals surface area contributed by atoms with Gasteiger partial charge in [0.05, 0.1) is 18.4 Å². The Morgan fingerprint density at radius 1 is 1.56 bits per heavy atom. The van der Waals surface area contributed by atoms with Crippen molar-refractivity contribution in [2.75, 3.05) is 0 Å². The predicted octanol–water partition coefficient (Wildman–Crippen LogP) is -0.650. The van der Waals surface area contributed by atoms with Crippen LogP contribution in [0.2, 0.25) is 0 Å². The number of aromatic nitrogens is 4. The zero-order chi connectivity index (χ0) is 13.0. The van der Waals surface area contributed by atoms with E-state index in [1.807, 2.05) is 0 Å². The molecular formula is C10H14N6O2. The maximum absolute atomic E-state index is 11.6. The molecule has 0 saturated heterocycles. The van der Waals surface area contributed by atoms with Crippen LogP contribution in [0.1, 0.15) is 17.1 Å². The first-order valence-corrected chi connectivity index (χ1v) is 5.45. The smallest absolute Gasteiger partial charge is 0.242 e. The van der Waals surface area contributed by atoms with Crippen molar-refractivity contribution in [3.05, 3.63) is 29.4 Å². The highest BCUT2D eigenvalue weighted by Crippen LogP contribution is 2.00. The molecular weight excluding hydrogens is 236 g/mol. The lowest BCUT2D eigenvalue weighted by atomic mass is 10.4. The fourth-order valence-corrected chi connectivity index (χ4v) is 1.40. The second-order valence-electron chi connectivity index (χ2n) is 3.82. The molecule has 96 valence electrons. The number of aryl methyl sites for hydroxylation is 1. The van der Waals surface area contributed by atoms with E-state index in [0.29, 0.717) is 30.2 Å². The molecule has 2 aromatic heterocycles. The number of nitrogens with one attached hydrogen (secondary N) is 1. The van der Waals surface area contributed by atoms with Gasteiger partial charge in [-0.15, -0.1) is 5.10 Å². The summed E-state index contributed by atoms with van der Waals surface area (Å²) in [6.07, 6.45) is 1.64. The van der Waals surface area contributed by atoms with Crippen molar-refractivity contribution in [1.29, 1.82) is 0 Å². The van der Waals surface area contributed by atoms with Crippen LogP contribution < -0.4 is 11.1 Å². The van der Waals surface area contributed by atoms with Crippen LogP contribution in [0.4, 0.5) is 0 Å². The van der Waals surface area contributed by atoms with E-state index in [2.05, 4.69) is 20.8 Å². The number of nitrogens with zero attached hydrogens (tertiary/aromatic N) is 4. The molecule has 0 bridgehead atoms. The molecule has 2 aromatic rings. The fraction of sp³-hybridized carbons (Fsp3) is 0.400. The van der Waals surface area contributed by atoms with E-state index in [-0.39, 0.29) is 12.5 Å². The molecule has 2 rings (SSSR count).